The van der Waals surface area contributed by atoms with E-state index in [2.05, 4.69) is 42.2 Å². The highest BCUT2D eigenvalue weighted by atomic mass is 79.9. The molecule has 1 aliphatic rings. The molecule has 0 radical (unpaired) electrons. The van der Waals surface area contributed by atoms with Crippen LogP contribution in [0.5, 0.6) is 5.75 Å². The third-order valence-corrected chi connectivity index (χ3v) is 6.00. The molecule has 9 heteroatoms. The zero-order valence-corrected chi connectivity index (χ0v) is 15.2. The van der Waals surface area contributed by atoms with E-state index in [0.29, 0.717) is 21.8 Å². The number of aromatic hydroxyl groups is 1. The molecule has 2 aromatic rings. The molecule has 1 aliphatic carbocycles. The van der Waals surface area contributed by atoms with Gasteiger partial charge < -0.3 is 10.2 Å². The molecule has 0 atom stereocenters. The van der Waals surface area contributed by atoms with Crippen molar-refractivity contribution in [3.63, 3.8) is 0 Å². The Morgan fingerprint density at radius 2 is 2.04 bits per heavy atom. The number of phenolic OH excluding ortho intramolecular Hbond substituents is 1. The van der Waals surface area contributed by atoms with Crippen LogP contribution in [0.4, 0.5) is 5.13 Å². The van der Waals surface area contributed by atoms with Crippen molar-refractivity contribution in [3.8, 4) is 5.75 Å². The number of hydrogen-bond donors (Lipinski definition) is 3. The number of benzene rings is 1. The van der Waals surface area contributed by atoms with Gasteiger partial charge in [0, 0.05) is 21.0 Å². The molecule has 1 aromatic heterocycles. The van der Waals surface area contributed by atoms with E-state index in [1.165, 1.54) is 6.07 Å². The summed E-state index contributed by atoms with van der Waals surface area (Å²) in [5.74, 6) is -1.67. The molecule has 0 fully saturated rings. The number of halogens is 2. The second-order valence-electron chi connectivity index (χ2n) is 4.72. The number of carbonyl (C=O) groups excluding carboxylic acids is 1. The highest BCUT2D eigenvalue weighted by Crippen LogP contribution is 2.36. The van der Waals surface area contributed by atoms with Crippen LogP contribution in [0, 0.1) is 0 Å². The maximum Gasteiger partial charge on any atom is 0.335 e. The fraction of sp³-hybridized carbons (Fsp3) is 0.0714. The summed E-state index contributed by atoms with van der Waals surface area (Å²) in [6.45, 7) is 0. The number of allylic oxidation sites excluding steroid dienone is 3. The van der Waals surface area contributed by atoms with Gasteiger partial charge in [0.1, 0.15) is 11.3 Å². The summed E-state index contributed by atoms with van der Waals surface area (Å²) >= 11 is 7.79. The average Bonchev–Trinajstić information content (AvgIpc) is 3.03. The molecule has 0 spiro atoms. The Kier molecular flexibility index (Phi) is 4.26. The summed E-state index contributed by atoms with van der Waals surface area (Å²) in [4.78, 5) is 27.3. The fourth-order valence-corrected chi connectivity index (χ4v) is 3.80. The topological polar surface area (TPSA) is 99.5 Å². The zero-order chi connectivity index (χ0) is 16.7. The van der Waals surface area contributed by atoms with Crippen LogP contribution < -0.4 is 5.32 Å². The minimum atomic E-state index is -1.14. The standard InChI is InChI=1S/C14H8Br2N2O4S/c15-7-1-5(2-8(7)16)12(20)18-14-17-11-9(19)3-6(13(21)22)4-10(11)23-14/h1,3-4,19H,2H2,(H,21,22)(H,17,18,20). The summed E-state index contributed by atoms with van der Waals surface area (Å²) < 4.78 is 2.19. The third-order valence-electron chi connectivity index (χ3n) is 3.14. The maximum absolute atomic E-state index is 12.2. The van der Waals surface area contributed by atoms with E-state index in [4.69, 9.17) is 5.11 Å². The van der Waals surface area contributed by atoms with Crippen molar-refractivity contribution in [2.45, 2.75) is 6.42 Å². The summed E-state index contributed by atoms with van der Waals surface area (Å²) in [7, 11) is 0. The number of hydrogen-bond acceptors (Lipinski definition) is 5. The van der Waals surface area contributed by atoms with Crippen molar-refractivity contribution >= 4 is 70.4 Å². The molecular formula is C14H8Br2N2O4S. The van der Waals surface area contributed by atoms with Crippen molar-refractivity contribution in [1.29, 1.82) is 0 Å². The van der Waals surface area contributed by atoms with Gasteiger partial charge in [0.25, 0.3) is 5.91 Å². The summed E-state index contributed by atoms with van der Waals surface area (Å²) in [6.07, 6.45) is 2.19. The molecule has 0 bridgehead atoms. The normalized spacial score (nSPS) is 14.3. The number of aromatic carboxylic acids is 1. The number of aromatic nitrogens is 1. The van der Waals surface area contributed by atoms with Gasteiger partial charge in [0.15, 0.2) is 5.13 Å². The van der Waals surface area contributed by atoms with Gasteiger partial charge in [-0.1, -0.05) is 27.3 Å². The first-order chi connectivity index (χ1) is 10.8. The van der Waals surface area contributed by atoms with Gasteiger partial charge in [0.2, 0.25) is 0 Å². The van der Waals surface area contributed by atoms with Crippen LogP contribution in [0.15, 0.2) is 32.7 Å². The number of phenols is 1. The fourth-order valence-electron chi connectivity index (χ4n) is 2.05. The quantitative estimate of drug-likeness (QED) is 0.644. The molecular weight excluding hydrogens is 452 g/mol. The van der Waals surface area contributed by atoms with Gasteiger partial charge in [-0.05, 0) is 34.1 Å². The number of thiazole rings is 1. The summed E-state index contributed by atoms with van der Waals surface area (Å²) in [5, 5.41) is 21.8. The summed E-state index contributed by atoms with van der Waals surface area (Å²) in [5.41, 5.74) is 0.793. The van der Waals surface area contributed by atoms with Gasteiger partial charge in [-0.25, -0.2) is 9.78 Å². The Labute approximate surface area is 150 Å². The molecule has 0 aliphatic heterocycles. The first-order valence-electron chi connectivity index (χ1n) is 6.28. The minimum Gasteiger partial charge on any atom is -0.506 e. The van der Waals surface area contributed by atoms with E-state index in [-0.39, 0.29) is 22.7 Å². The van der Waals surface area contributed by atoms with Crippen molar-refractivity contribution in [1.82, 2.24) is 4.98 Å². The van der Waals surface area contributed by atoms with Crippen LogP contribution in [-0.4, -0.2) is 27.1 Å². The van der Waals surface area contributed by atoms with Crippen molar-refractivity contribution < 1.29 is 19.8 Å². The number of rotatable bonds is 3. The molecule has 0 saturated heterocycles. The smallest absolute Gasteiger partial charge is 0.335 e. The van der Waals surface area contributed by atoms with E-state index in [1.54, 1.807) is 6.08 Å². The second kappa shape index (κ2) is 6.06. The number of carboxylic acid groups (broad SMARTS) is 1. The van der Waals surface area contributed by atoms with E-state index in [9.17, 15) is 14.7 Å². The highest BCUT2D eigenvalue weighted by molar-refractivity contribution is 9.14. The molecule has 0 unspecified atom stereocenters. The van der Waals surface area contributed by atoms with Crippen LogP contribution in [0.25, 0.3) is 10.2 Å². The van der Waals surface area contributed by atoms with Gasteiger partial charge in [-0.15, -0.1) is 0 Å². The minimum absolute atomic E-state index is 0.0351. The van der Waals surface area contributed by atoms with Gasteiger partial charge in [0.05, 0.1) is 10.3 Å². The Morgan fingerprint density at radius 1 is 1.30 bits per heavy atom. The monoisotopic (exact) mass is 458 g/mol. The molecule has 6 nitrogen and oxygen atoms in total. The molecule has 0 saturated carbocycles. The highest BCUT2D eigenvalue weighted by Gasteiger charge is 2.20. The maximum atomic E-state index is 12.2. The van der Waals surface area contributed by atoms with E-state index >= 15 is 0 Å². The number of nitrogens with one attached hydrogen (secondary N) is 1. The molecule has 1 aromatic carbocycles. The molecule has 118 valence electrons. The van der Waals surface area contributed by atoms with Gasteiger partial charge >= 0.3 is 5.97 Å². The lowest BCUT2D eigenvalue weighted by Crippen LogP contribution is -2.13. The number of carbonyl (C=O) groups is 2. The van der Waals surface area contributed by atoms with Crippen molar-refractivity contribution in [3.05, 3.63) is 38.3 Å². The number of fused-ring (bicyclic) bond motifs is 1. The SMILES string of the molecule is O=C(Nc1nc2c(O)cc(C(=O)O)cc2s1)C1=CC(Br)=C(Br)C1. The largest absolute Gasteiger partial charge is 0.506 e. The lowest BCUT2D eigenvalue weighted by molar-refractivity contribution is -0.112. The van der Waals surface area contributed by atoms with Gasteiger partial charge in [-0.3, -0.25) is 10.1 Å². The summed E-state index contributed by atoms with van der Waals surface area (Å²) in [6, 6.07) is 2.54. The zero-order valence-electron chi connectivity index (χ0n) is 11.3. The first kappa shape index (κ1) is 16.2. The second-order valence-corrected chi connectivity index (χ2v) is 7.56. The Bertz CT molecular complexity index is 917. The predicted octanol–water partition coefficient (Wildman–Crippen LogP) is 3.97. The van der Waals surface area contributed by atoms with Crippen LogP contribution in [0.2, 0.25) is 0 Å². The van der Waals surface area contributed by atoms with Crippen LogP contribution >= 0.6 is 43.2 Å². The Balaban J connectivity index is 1.87. The number of amides is 1. The Hall–Kier alpha value is -1.71. The third kappa shape index (κ3) is 3.17. The predicted molar refractivity (Wildman–Crippen MR) is 94.5 cm³/mol. The van der Waals surface area contributed by atoms with Crippen molar-refractivity contribution in [2.24, 2.45) is 0 Å². The van der Waals surface area contributed by atoms with E-state index in [0.717, 1.165) is 26.4 Å². The number of anilines is 1. The molecule has 3 rings (SSSR count). The number of carboxylic acids is 1. The lowest BCUT2D eigenvalue weighted by Gasteiger charge is -2.01. The van der Waals surface area contributed by atoms with Crippen molar-refractivity contribution in [2.75, 3.05) is 5.32 Å². The molecule has 23 heavy (non-hydrogen) atoms. The van der Waals surface area contributed by atoms with Crippen LogP contribution in [0.3, 0.4) is 0 Å². The van der Waals surface area contributed by atoms with Crippen LogP contribution in [-0.2, 0) is 4.79 Å². The first-order valence-corrected chi connectivity index (χ1v) is 8.68. The Morgan fingerprint density at radius 3 is 2.65 bits per heavy atom. The molecule has 3 N–H and O–H groups in total. The van der Waals surface area contributed by atoms with Crippen LogP contribution in [0.1, 0.15) is 16.8 Å². The van der Waals surface area contributed by atoms with E-state index in [1.807, 2.05) is 0 Å². The molecule has 1 amide bonds. The average molecular weight is 460 g/mol. The van der Waals surface area contributed by atoms with Gasteiger partial charge in [-0.2, -0.15) is 0 Å². The molecule has 1 heterocycles. The van der Waals surface area contributed by atoms with E-state index < -0.39 is 5.97 Å². The number of nitrogens with zero attached hydrogens (tertiary/aromatic N) is 1. The lowest BCUT2D eigenvalue weighted by atomic mass is 10.2.